The van der Waals surface area contributed by atoms with Crippen molar-refractivity contribution in [1.29, 1.82) is 0 Å². The fourth-order valence-corrected chi connectivity index (χ4v) is 3.33. The first-order chi connectivity index (χ1) is 8.67. The van der Waals surface area contributed by atoms with Crippen molar-refractivity contribution in [2.24, 2.45) is 5.92 Å². The van der Waals surface area contributed by atoms with Crippen LogP contribution < -0.4 is 5.32 Å². The fraction of sp³-hybridized carbons (Fsp3) is 0.929. The highest BCUT2D eigenvalue weighted by Gasteiger charge is 2.18. The van der Waals surface area contributed by atoms with Gasteiger partial charge in [-0.3, -0.25) is 4.79 Å². The van der Waals surface area contributed by atoms with E-state index < -0.39 is 0 Å². The molecule has 0 radical (unpaired) electrons. The van der Waals surface area contributed by atoms with Crippen molar-refractivity contribution < 1.29 is 9.90 Å². The number of rotatable bonds is 8. The van der Waals surface area contributed by atoms with Crippen LogP contribution in [-0.2, 0) is 4.79 Å². The SMILES string of the molecule is CSC(CO)C(C)NC(=O)CCCC1CCCC1. The van der Waals surface area contributed by atoms with Gasteiger partial charge >= 0.3 is 0 Å². The Kier molecular flexibility index (Phi) is 7.75. The number of hydrogen-bond donors (Lipinski definition) is 2. The van der Waals surface area contributed by atoms with E-state index in [1.54, 1.807) is 11.8 Å². The van der Waals surface area contributed by atoms with Gasteiger partial charge in [0.2, 0.25) is 5.91 Å². The third-order valence-electron chi connectivity index (χ3n) is 3.92. The van der Waals surface area contributed by atoms with Crippen LogP contribution in [0, 0.1) is 5.92 Å². The molecule has 0 saturated heterocycles. The maximum atomic E-state index is 11.8. The normalized spacial score (nSPS) is 19.7. The molecule has 0 aromatic rings. The zero-order valence-corrected chi connectivity index (χ0v) is 12.5. The van der Waals surface area contributed by atoms with Gasteiger partial charge in [-0.05, 0) is 31.9 Å². The summed E-state index contributed by atoms with van der Waals surface area (Å²) in [7, 11) is 0. The average molecular weight is 273 g/mol. The van der Waals surface area contributed by atoms with E-state index in [1.807, 2.05) is 13.2 Å². The third-order valence-corrected chi connectivity index (χ3v) is 5.08. The van der Waals surface area contributed by atoms with E-state index in [-0.39, 0.29) is 23.8 Å². The molecule has 1 rings (SSSR count). The number of carbonyl (C=O) groups is 1. The number of hydrogen-bond acceptors (Lipinski definition) is 3. The maximum Gasteiger partial charge on any atom is 0.220 e. The third kappa shape index (κ3) is 5.61. The Labute approximate surface area is 115 Å². The number of thioether (sulfide) groups is 1. The Morgan fingerprint density at radius 3 is 2.67 bits per heavy atom. The van der Waals surface area contributed by atoms with Crippen LogP contribution in [0.5, 0.6) is 0 Å². The largest absolute Gasteiger partial charge is 0.395 e. The van der Waals surface area contributed by atoms with Crippen molar-refractivity contribution >= 4 is 17.7 Å². The summed E-state index contributed by atoms with van der Waals surface area (Å²) in [5, 5.41) is 12.2. The number of carbonyl (C=O) groups excluding carboxylic acids is 1. The molecular weight excluding hydrogens is 246 g/mol. The van der Waals surface area contributed by atoms with E-state index >= 15 is 0 Å². The number of nitrogens with one attached hydrogen (secondary N) is 1. The molecular formula is C14H27NO2S. The molecule has 1 fully saturated rings. The molecule has 106 valence electrons. The lowest BCUT2D eigenvalue weighted by molar-refractivity contribution is -0.121. The Morgan fingerprint density at radius 1 is 1.44 bits per heavy atom. The summed E-state index contributed by atoms with van der Waals surface area (Å²) in [5.41, 5.74) is 0. The minimum Gasteiger partial charge on any atom is -0.395 e. The van der Waals surface area contributed by atoms with Crippen molar-refractivity contribution in [1.82, 2.24) is 5.32 Å². The second-order valence-corrected chi connectivity index (χ2v) is 6.43. The predicted molar refractivity (Wildman–Crippen MR) is 77.8 cm³/mol. The first kappa shape index (κ1) is 15.8. The molecule has 0 heterocycles. The van der Waals surface area contributed by atoms with Gasteiger partial charge in [0.05, 0.1) is 6.61 Å². The standard InChI is InChI=1S/C14H27NO2S/c1-11(13(10-16)18-2)15-14(17)9-5-8-12-6-3-4-7-12/h11-13,16H,3-10H2,1-2H3,(H,15,17). The molecule has 2 N–H and O–H groups in total. The van der Waals surface area contributed by atoms with E-state index in [2.05, 4.69) is 5.32 Å². The van der Waals surface area contributed by atoms with E-state index in [0.29, 0.717) is 6.42 Å². The second kappa shape index (κ2) is 8.81. The van der Waals surface area contributed by atoms with Gasteiger partial charge in [-0.25, -0.2) is 0 Å². The Morgan fingerprint density at radius 2 is 2.11 bits per heavy atom. The molecule has 1 aliphatic rings. The fourth-order valence-electron chi connectivity index (χ4n) is 2.71. The van der Waals surface area contributed by atoms with Crippen molar-refractivity contribution in [2.75, 3.05) is 12.9 Å². The molecule has 4 heteroatoms. The molecule has 0 spiro atoms. The highest BCUT2D eigenvalue weighted by atomic mass is 32.2. The van der Waals surface area contributed by atoms with Gasteiger partial charge in [-0.2, -0.15) is 11.8 Å². The maximum absolute atomic E-state index is 11.8. The van der Waals surface area contributed by atoms with Gasteiger partial charge in [0, 0.05) is 17.7 Å². The van der Waals surface area contributed by atoms with Crippen LogP contribution in [0.1, 0.15) is 51.9 Å². The van der Waals surface area contributed by atoms with Crippen molar-refractivity contribution in [2.45, 2.75) is 63.2 Å². The smallest absolute Gasteiger partial charge is 0.220 e. The van der Waals surface area contributed by atoms with Gasteiger partial charge in [0.15, 0.2) is 0 Å². The first-order valence-electron chi connectivity index (χ1n) is 7.10. The van der Waals surface area contributed by atoms with Gasteiger partial charge in [-0.15, -0.1) is 0 Å². The lowest BCUT2D eigenvalue weighted by atomic mass is 10.0. The summed E-state index contributed by atoms with van der Waals surface area (Å²) in [6.07, 6.45) is 10.3. The van der Waals surface area contributed by atoms with Crippen LogP contribution in [-0.4, -0.2) is 35.2 Å². The van der Waals surface area contributed by atoms with Gasteiger partial charge in [0.1, 0.15) is 0 Å². The highest BCUT2D eigenvalue weighted by Crippen LogP contribution is 2.28. The van der Waals surface area contributed by atoms with Gasteiger partial charge < -0.3 is 10.4 Å². The van der Waals surface area contributed by atoms with Gasteiger partial charge in [0.25, 0.3) is 0 Å². The number of amides is 1. The van der Waals surface area contributed by atoms with E-state index in [4.69, 9.17) is 5.11 Å². The highest BCUT2D eigenvalue weighted by molar-refractivity contribution is 7.99. The molecule has 1 saturated carbocycles. The lowest BCUT2D eigenvalue weighted by Crippen LogP contribution is -2.41. The van der Waals surface area contributed by atoms with Crippen LogP contribution in [0.2, 0.25) is 0 Å². The minimum absolute atomic E-state index is 0.0454. The summed E-state index contributed by atoms with van der Waals surface area (Å²) < 4.78 is 0. The summed E-state index contributed by atoms with van der Waals surface area (Å²) >= 11 is 1.60. The van der Waals surface area contributed by atoms with Crippen molar-refractivity contribution in [3.63, 3.8) is 0 Å². The van der Waals surface area contributed by atoms with Crippen LogP contribution in [0.3, 0.4) is 0 Å². The summed E-state index contributed by atoms with van der Waals surface area (Å²) in [4.78, 5) is 11.8. The monoisotopic (exact) mass is 273 g/mol. The van der Waals surface area contributed by atoms with Crippen LogP contribution in [0.4, 0.5) is 0 Å². The first-order valence-corrected chi connectivity index (χ1v) is 8.39. The molecule has 2 unspecified atom stereocenters. The quantitative estimate of drug-likeness (QED) is 0.714. The van der Waals surface area contributed by atoms with E-state index in [0.717, 1.165) is 12.3 Å². The molecule has 18 heavy (non-hydrogen) atoms. The number of aliphatic hydroxyl groups is 1. The van der Waals surface area contributed by atoms with E-state index in [1.165, 1.54) is 32.1 Å². The Bertz CT molecular complexity index is 238. The summed E-state index contributed by atoms with van der Waals surface area (Å²) in [6, 6.07) is 0.0454. The molecule has 3 nitrogen and oxygen atoms in total. The van der Waals surface area contributed by atoms with Gasteiger partial charge in [-0.1, -0.05) is 25.7 Å². The molecule has 0 aliphatic heterocycles. The van der Waals surface area contributed by atoms with E-state index in [9.17, 15) is 4.79 Å². The molecule has 0 aromatic carbocycles. The molecule has 0 bridgehead atoms. The summed E-state index contributed by atoms with van der Waals surface area (Å²) in [5.74, 6) is 1.000. The topological polar surface area (TPSA) is 49.3 Å². The minimum atomic E-state index is 0.0454. The van der Waals surface area contributed by atoms with Crippen LogP contribution >= 0.6 is 11.8 Å². The molecule has 1 amide bonds. The molecule has 2 atom stereocenters. The van der Waals surface area contributed by atoms with Crippen LogP contribution in [0.15, 0.2) is 0 Å². The molecule has 1 aliphatic carbocycles. The van der Waals surface area contributed by atoms with Crippen LogP contribution in [0.25, 0.3) is 0 Å². The Balaban J connectivity index is 2.12. The summed E-state index contributed by atoms with van der Waals surface area (Å²) in [6.45, 7) is 2.08. The predicted octanol–water partition coefficient (Wildman–Crippen LogP) is 2.58. The average Bonchev–Trinajstić information content (AvgIpc) is 2.83. The molecule has 0 aromatic heterocycles. The number of aliphatic hydroxyl groups excluding tert-OH is 1. The Hall–Kier alpha value is -0.220. The zero-order chi connectivity index (χ0) is 13.4. The van der Waals surface area contributed by atoms with Crippen molar-refractivity contribution in [3.8, 4) is 0 Å². The zero-order valence-electron chi connectivity index (χ0n) is 11.7. The van der Waals surface area contributed by atoms with Crippen molar-refractivity contribution in [3.05, 3.63) is 0 Å². The second-order valence-electron chi connectivity index (χ2n) is 5.36. The lowest BCUT2D eigenvalue weighted by Gasteiger charge is -2.21.